The van der Waals surface area contributed by atoms with Crippen molar-refractivity contribution >= 4 is 11.6 Å². The smallest absolute Gasteiger partial charge is 0.221 e. The Morgan fingerprint density at radius 3 is 1.76 bits per heavy atom. The molecule has 0 spiro atoms. The highest BCUT2D eigenvalue weighted by molar-refractivity contribution is 5.91. The first-order valence-electron chi connectivity index (χ1n) is 16.9. The fourth-order valence-corrected chi connectivity index (χ4v) is 6.63. The van der Waals surface area contributed by atoms with Crippen molar-refractivity contribution in [2.75, 3.05) is 5.32 Å². The molecule has 1 N–H and O–H groups in total. The Morgan fingerprint density at radius 2 is 1.22 bits per heavy atom. The van der Waals surface area contributed by atoms with E-state index in [0.717, 1.165) is 50.2 Å². The van der Waals surface area contributed by atoms with Crippen LogP contribution in [0.2, 0.25) is 0 Å². The van der Waals surface area contributed by atoms with Crippen LogP contribution < -0.4 is 10.1 Å². The van der Waals surface area contributed by atoms with Crippen molar-refractivity contribution in [2.45, 2.75) is 39.8 Å². The second-order valence-electron chi connectivity index (χ2n) is 12.5. The first-order chi connectivity index (χ1) is 24.9. The number of hydrogen-bond donors (Lipinski definition) is 1. The third-order valence-electron chi connectivity index (χ3n) is 9.21. The number of nitrogens with one attached hydrogen (secondary N) is 1. The molecule has 0 saturated carbocycles. The molecule has 2 aromatic heterocycles. The average Bonchev–Trinajstić information content (AvgIpc) is 3.66. The molecule has 7 aromatic rings. The van der Waals surface area contributed by atoms with E-state index in [2.05, 4.69) is 77.0 Å². The number of carbonyl (C=O) groups excluding carboxylic acids is 1. The van der Waals surface area contributed by atoms with Gasteiger partial charge in [-0.2, -0.15) is 0 Å². The van der Waals surface area contributed by atoms with Crippen LogP contribution in [0, 0.1) is 20.8 Å². The molecule has 5 aromatic carbocycles. The zero-order valence-corrected chi connectivity index (χ0v) is 29.0. The number of tetrazole rings is 1. The summed E-state index contributed by atoms with van der Waals surface area (Å²) in [6, 6.07) is 47.4. The van der Waals surface area contributed by atoms with Crippen molar-refractivity contribution in [1.29, 1.82) is 0 Å². The quantitative estimate of drug-likeness (QED) is 0.146. The molecule has 0 radical (unpaired) electrons. The molecule has 0 saturated heterocycles. The summed E-state index contributed by atoms with van der Waals surface area (Å²) in [5.41, 5.74) is 9.13. The topological polar surface area (TPSA) is 94.8 Å². The monoisotopic (exact) mass is 670 g/mol. The minimum atomic E-state index is -0.865. The molecule has 252 valence electrons. The number of aryl methyl sites for hydroxylation is 2. The number of hydrogen-bond acceptors (Lipinski definition) is 6. The molecule has 0 unspecified atom stereocenters. The third-order valence-corrected chi connectivity index (χ3v) is 9.21. The average molecular weight is 671 g/mol. The first kappa shape index (κ1) is 33.1. The van der Waals surface area contributed by atoms with Crippen molar-refractivity contribution in [2.24, 2.45) is 0 Å². The molecule has 7 rings (SSSR count). The van der Waals surface area contributed by atoms with Crippen LogP contribution in [-0.2, 0) is 16.9 Å². The Morgan fingerprint density at radius 1 is 0.686 bits per heavy atom. The lowest BCUT2D eigenvalue weighted by atomic mass is 9.77. The summed E-state index contributed by atoms with van der Waals surface area (Å²) in [4.78, 5) is 18.2. The fraction of sp³-hybridized carbons (Fsp3) is 0.140. The molecule has 2 heterocycles. The van der Waals surface area contributed by atoms with E-state index >= 15 is 0 Å². The summed E-state index contributed by atoms with van der Waals surface area (Å²) in [5.74, 6) is 0.988. The van der Waals surface area contributed by atoms with Crippen LogP contribution in [0.15, 0.2) is 140 Å². The molecular formula is C43H38N6O2. The standard InChI is InChI=1S/C43H38N6O2/c1-29-30(2)44-31(3)40(45-32(4)50)41(29)51-28-33-24-26-34(27-25-33)38-22-14-15-23-39(38)42-46-48-49(47-42)43(35-16-8-5-9-17-35,36-18-10-6-11-19-36)37-20-12-7-13-21-37/h5-27H,28H2,1-4H3,(H,45,50). The maximum absolute atomic E-state index is 11.9. The minimum absolute atomic E-state index is 0.170. The SMILES string of the molecule is CC(=O)Nc1c(C)nc(C)c(C)c1OCc1ccc(-c2ccccc2-c2nnn(C(c3ccccc3)(c3ccccc3)c3ccccc3)n2)cc1. The molecule has 0 aliphatic heterocycles. The highest BCUT2D eigenvalue weighted by atomic mass is 16.5. The van der Waals surface area contributed by atoms with Crippen LogP contribution >= 0.6 is 0 Å². The maximum atomic E-state index is 11.9. The van der Waals surface area contributed by atoms with Crippen LogP contribution in [0.5, 0.6) is 5.75 Å². The second kappa shape index (κ2) is 14.2. The van der Waals surface area contributed by atoms with Gasteiger partial charge in [0.05, 0.1) is 5.69 Å². The number of pyridine rings is 1. The van der Waals surface area contributed by atoms with E-state index in [4.69, 9.17) is 20.1 Å². The van der Waals surface area contributed by atoms with E-state index in [1.165, 1.54) is 6.92 Å². The highest BCUT2D eigenvalue weighted by Gasteiger charge is 2.41. The van der Waals surface area contributed by atoms with Crippen LogP contribution in [0.4, 0.5) is 5.69 Å². The Hall–Kier alpha value is -6.41. The Labute approximate surface area is 297 Å². The lowest BCUT2D eigenvalue weighted by Crippen LogP contribution is -2.39. The molecule has 51 heavy (non-hydrogen) atoms. The summed E-state index contributed by atoms with van der Waals surface area (Å²) in [6.45, 7) is 7.58. The number of anilines is 1. The van der Waals surface area contributed by atoms with Gasteiger partial charge < -0.3 is 10.1 Å². The largest absolute Gasteiger partial charge is 0.486 e. The Balaban J connectivity index is 1.24. The minimum Gasteiger partial charge on any atom is -0.486 e. The number of amides is 1. The van der Waals surface area contributed by atoms with Crippen LogP contribution in [0.3, 0.4) is 0 Å². The van der Waals surface area contributed by atoms with Crippen molar-refractivity contribution in [1.82, 2.24) is 25.2 Å². The molecule has 8 heteroatoms. The number of ether oxygens (including phenoxy) is 1. The fourth-order valence-electron chi connectivity index (χ4n) is 6.63. The number of carbonyl (C=O) groups is 1. The first-order valence-corrected chi connectivity index (χ1v) is 16.9. The number of nitrogens with zero attached hydrogens (tertiary/aromatic N) is 5. The van der Waals surface area contributed by atoms with Gasteiger partial charge in [-0.25, -0.2) is 0 Å². The van der Waals surface area contributed by atoms with Gasteiger partial charge in [-0.1, -0.05) is 140 Å². The van der Waals surface area contributed by atoms with Crippen molar-refractivity contribution in [3.63, 3.8) is 0 Å². The Kier molecular flexibility index (Phi) is 9.22. The van der Waals surface area contributed by atoms with Crippen LogP contribution in [-0.4, -0.2) is 31.1 Å². The zero-order chi connectivity index (χ0) is 35.4. The van der Waals surface area contributed by atoms with E-state index in [-0.39, 0.29) is 5.91 Å². The molecule has 8 nitrogen and oxygen atoms in total. The molecule has 0 aliphatic rings. The van der Waals surface area contributed by atoms with Gasteiger partial charge in [-0.3, -0.25) is 9.78 Å². The summed E-state index contributed by atoms with van der Waals surface area (Å²) in [5, 5.41) is 17.5. The zero-order valence-electron chi connectivity index (χ0n) is 29.0. The normalized spacial score (nSPS) is 11.3. The third kappa shape index (κ3) is 6.39. The van der Waals surface area contributed by atoms with E-state index in [1.54, 1.807) is 4.80 Å². The predicted molar refractivity (Wildman–Crippen MR) is 200 cm³/mol. The van der Waals surface area contributed by atoms with Gasteiger partial charge in [0.1, 0.15) is 18.0 Å². The lowest BCUT2D eigenvalue weighted by molar-refractivity contribution is -0.114. The van der Waals surface area contributed by atoms with Gasteiger partial charge in [0.15, 0.2) is 5.54 Å². The molecule has 0 aliphatic carbocycles. The van der Waals surface area contributed by atoms with Gasteiger partial charge >= 0.3 is 0 Å². The summed E-state index contributed by atoms with van der Waals surface area (Å²) >= 11 is 0. The summed E-state index contributed by atoms with van der Waals surface area (Å²) in [6.07, 6.45) is 0. The van der Waals surface area contributed by atoms with Gasteiger partial charge in [0.25, 0.3) is 0 Å². The van der Waals surface area contributed by atoms with Crippen molar-refractivity contribution in [3.8, 4) is 28.3 Å². The molecular weight excluding hydrogens is 633 g/mol. The lowest BCUT2D eigenvalue weighted by Gasteiger charge is -2.34. The van der Waals surface area contributed by atoms with Crippen molar-refractivity contribution in [3.05, 3.63) is 179 Å². The molecule has 0 bridgehead atoms. The summed E-state index contributed by atoms with van der Waals surface area (Å²) < 4.78 is 6.31. The molecule has 0 fully saturated rings. The predicted octanol–water partition coefficient (Wildman–Crippen LogP) is 8.70. The van der Waals surface area contributed by atoms with Crippen LogP contribution in [0.25, 0.3) is 22.5 Å². The van der Waals surface area contributed by atoms with Crippen LogP contribution in [0.1, 0.15) is 46.1 Å². The van der Waals surface area contributed by atoms with Gasteiger partial charge in [0, 0.05) is 23.7 Å². The summed E-state index contributed by atoms with van der Waals surface area (Å²) in [7, 11) is 0. The van der Waals surface area contributed by atoms with E-state index in [0.29, 0.717) is 29.6 Å². The van der Waals surface area contributed by atoms with E-state index in [1.807, 2.05) is 93.6 Å². The second-order valence-corrected chi connectivity index (χ2v) is 12.5. The maximum Gasteiger partial charge on any atom is 0.221 e. The Bertz CT molecular complexity index is 2190. The van der Waals surface area contributed by atoms with Crippen molar-refractivity contribution < 1.29 is 9.53 Å². The molecule has 0 atom stereocenters. The number of aromatic nitrogens is 5. The van der Waals surface area contributed by atoms with Gasteiger partial charge in [0.2, 0.25) is 11.7 Å². The highest BCUT2D eigenvalue weighted by Crippen LogP contribution is 2.40. The van der Waals surface area contributed by atoms with E-state index < -0.39 is 5.54 Å². The number of benzene rings is 5. The van der Waals surface area contributed by atoms with Gasteiger partial charge in [-0.15, -0.1) is 15.0 Å². The van der Waals surface area contributed by atoms with Gasteiger partial charge in [-0.05, 0) is 59.4 Å². The van der Waals surface area contributed by atoms with E-state index in [9.17, 15) is 4.79 Å². The number of rotatable bonds is 10. The molecule has 1 amide bonds.